The van der Waals surface area contributed by atoms with Gasteiger partial charge >= 0.3 is 6.18 Å². The van der Waals surface area contributed by atoms with E-state index < -0.39 is 17.2 Å². The second-order valence-electron chi connectivity index (χ2n) is 7.21. The van der Waals surface area contributed by atoms with Crippen LogP contribution in [-0.4, -0.2) is 4.98 Å². The quantitative estimate of drug-likeness (QED) is 0.583. The van der Waals surface area contributed by atoms with Crippen molar-refractivity contribution in [1.29, 1.82) is 5.26 Å². The van der Waals surface area contributed by atoms with E-state index in [1.807, 2.05) is 6.92 Å². The van der Waals surface area contributed by atoms with E-state index in [1.165, 1.54) is 12.1 Å². The van der Waals surface area contributed by atoms with Crippen LogP contribution < -0.4 is 5.56 Å². The van der Waals surface area contributed by atoms with Crippen LogP contribution in [0.4, 0.5) is 13.2 Å². The van der Waals surface area contributed by atoms with Crippen molar-refractivity contribution in [2.75, 3.05) is 0 Å². The van der Waals surface area contributed by atoms with E-state index in [2.05, 4.69) is 11.1 Å². The molecule has 0 saturated carbocycles. The van der Waals surface area contributed by atoms with Gasteiger partial charge in [0.1, 0.15) is 0 Å². The van der Waals surface area contributed by atoms with E-state index in [-0.39, 0.29) is 17.0 Å². The topological polar surface area (TPSA) is 56.6 Å². The Morgan fingerprint density at radius 1 is 1.14 bits per heavy atom. The number of alkyl halides is 3. The number of hydrogen-bond acceptors (Lipinski definition) is 2. The van der Waals surface area contributed by atoms with Gasteiger partial charge in [0.2, 0.25) is 0 Å². The van der Waals surface area contributed by atoms with Crippen LogP contribution in [0.15, 0.2) is 47.3 Å². The van der Waals surface area contributed by atoms with Gasteiger partial charge in [0.25, 0.3) is 5.56 Å². The zero-order valence-electron chi connectivity index (χ0n) is 15.8. The third kappa shape index (κ3) is 4.15. The van der Waals surface area contributed by atoms with E-state index in [0.29, 0.717) is 28.6 Å². The van der Waals surface area contributed by atoms with Crippen molar-refractivity contribution in [1.82, 2.24) is 4.98 Å². The van der Waals surface area contributed by atoms with Crippen LogP contribution in [0.3, 0.4) is 0 Å². The molecule has 1 heterocycles. The summed E-state index contributed by atoms with van der Waals surface area (Å²) in [6.07, 6.45) is -3.91. The van der Waals surface area contributed by atoms with Crippen LogP contribution in [0.5, 0.6) is 0 Å². The van der Waals surface area contributed by atoms with Gasteiger partial charge in [0.15, 0.2) is 0 Å². The van der Waals surface area contributed by atoms with Gasteiger partial charge in [-0.25, -0.2) is 0 Å². The molecule has 0 aliphatic rings. The largest absolute Gasteiger partial charge is 0.417 e. The fraction of sp³-hybridized carbons (Fsp3) is 0.273. The highest BCUT2D eigenvalue weighted by Gasteiger charge is 2.34. The molecule has 1 N–H and O–H groups in total. The molecular formula is C22H18ClF3N2O. The number of aromatic amines is 1. The number of benzene rings is 2. The van der Waals surface area contributed by atoms with E-state index in [9.17, 15) is 23.2 Å². The number of fused-ring (bicyclic) bond motifs is 1. The summed E-state index contributed by atoms with van der Waals surface area (Å²) in [7, 11) is 0. The Labute approximate surface area is 170 Å². The summed E-state index contributed by atoms with van der Waals surface area (Å²) in [6.45, 7) is 3.55. The van der Waals surface area contributed by atoms with Crippen LogP contribution in [0, 0.1) is 11.3 Å². The van der Waals surface area contributed by atoms with Gasteiger partial charge in [-0.15, -0.1) is 0 Å². The molecule has 0 radical (unpaired) electrons. The number of nitrogens with zero attached hydrogens (tertiary/aromatic N) is 1. The van der Waals surface area contributed by atoms with Gasteiger partial charge in [0.05, 0.1) is 22.1 Å². The lowest BCUT2D eigenvalue weighted by atomic mass is 9.78. The monoisotopic (exact) mass is 418 g/mol. The number of nitriles is 1. The summed E-state index contributed by atoms with van der Waals surface area (Å²) in [5.74, 6) is 0. The molecule has 0 saturated heterocycles. The highest BCUT2D eigenvalue weighted by molar-refractivity contribution is 6.31. The van der Waals surface area contributed by atoms with Crippen LogP contribution in [0.25, 0.3) is 10.9 Å². The molecule has 2 aromatic carbocycles. The van der Waals surface area contributed by atoms with Gasteiger partial charge in [-0.05, 0) is 60.5 Å². The van der Waals surface area contributed by atoms with Crippen molar-refractivity contribution in [3.8, 4) is 6.07 Å². The van der Waals surface area contributed by atoms with Gasteiger partial charge in [-0.2, -0.15) is 18.4 Å². The summed E-state index contributed by atoms with van der Waals surface area (Å²) in [4.78, 5) is 14.9. The average molecular weight is 419 g/mol. The fourth-order valence-electron chi connectivity index (χ4n) is 3.37. The molecule has 3 rings (SSSR count). The minimum Gasteiger partial charge on any atom is -0.322 e. The molecule has 1 atom stereocenters. The molecule has 0 aliphatic heterocycles. The number of halogens is 4. The molecule has 1 unspecified atom stereocenters. The first-order valence-corrected chi connectivity index (χ1v) is 9.38. The number of nitrogens with one attached hydrogen (secondary N) is 1. The molecule has 29 heavy (non-hydrogen) atoms. The highest BCUT2D eigenvalue weighted by atomic mass is 35.5. The molecule has 0 spiro atoms. The molecule has 0 bridgehead atoms. The molecule has 0 aliphatic carbocycles. The Morgan fingerprint density at radius 3 is 2.48 bits per heavy atom. The molecule has 1 aromatic heterocycles. The second-order valence-corrected chi connectivity index (χ2v) is 7.62. The van der Waals surface area contributed by atoms with Gasteiger partial charge in [-0.1, -0.05) is 36.7 Å². The standard InChI is InChI=1S/C22H18ClF3N2O/c1-3-14-9-15-5-6-16(10-19(15)28-20(14)29)21(2,12-27)11-13-4-7-18(23)17(8-13)22(24,25)26/h4-10H,3,11H2,1-2H3,(H,28,29). The summed E-state index contributed by atoms with van der Waals surface area (Å²) in [5.41, 5.74) is -0.00944. The van der Waals surface area contributed by atoms with Gasteiger partial charge in [0, 0.05) is 11.1 Å². The number of rotatable bonds is 4. The maximum absolute atomic E-state index is 13.2. The van der Waals surface area contributed by atoms with Gasteiger partial charge < -0.3 is 4.98 Å². The van der Waals surface area contributed by atoms with Crippen LogP contribution in [0.2, 0.25) is 5.02 Å². The normalized spacial score (nSPS) is 13.8. The fourth-order valence-corrected chi connectivity index (χ4v) is 3.59. The predicted molar refractivity (Wildman–Crippen MR) is 107 cm³/mol. The lowest BCUT2D eigenvalue weighted by Gasteiger charge is -2.23. The van der Waals surface area contributed by atoms with E-state index in [0.717, 1.165) is 11.5 Å². The Morgan fingerprint density at radius 2 is 1.86 bits per heavy atom. The zero-order valence-corrected chi connectivity index (χ0v) is 16.6. The molecule has 0 amide bonds. The summed E-state index contributed by atoms with van der Waals surface area (Å²) >= 11 is 5.69. The Bertz CT molecular complexity index is 1180. The first-order chi connectivity index (χ1) is 13.6. The van der Waals surface area contributed by atoms with E-state index >= 15 is 0 Å². The molecule has 3 aromatic rings. The number of hydrogen-bond donors (Lipinski definition) is 1. The smallest absolute Gasteiger partial charge is 0.322 e. The molecular weight excluding hydrogens is 401 g/mol. The Kier molecular flexibility index (Phi) is 5.46. The first kappa shape index (κ1) is 20.9. The number of aryl methyl sites for hydroxylation is 1. The SMILES string of the molecule is CCc1cc2ccc(C(C)(C#N)Cc3ccc(Cl)c(C(F)(F)F)c3)cc2[nH]c1=O. The number of aromatic nitrogens is 1. The van der Waals surface area contributed by atoms with E-state index in [4.69, 9.17) is 11.6 Å². The lowest BCUT2D eigenvalue weighted by molar-refractivity contribution is -0.137. The summed E-state index contributed by atoms with van der Waals surface area (Å²) in [6, 6.07) is 13.0. The second kappa shape index (κ2) is 7.57. The van der Waals surface area contributed by atoms with Crippen LogP contribution in [0.1, 0.15) is 36.1 Å². The first-order valence-electron chi connectivity index (χ1n) is 9.00. The summed E-state index contributed by atoms with van der Waals surface area (Å²) < 4.78 is 39.5. The molecule has 7 heteroatoms. The van der Waals surface area contributed by atoms with Gasteiger partial charge in [-0.3, -0.25) is 4.79 Å². The van der Waals surface area contributed by atoms with Crippen molar-refractivity contribution in [2.24, 2.45) is 0 Å². The van der Waals surface area contributed by atoms with Crippen molar-refractivity contribution in [2.45, 2.75) is 38.3 Å². The van der Waals surface area contributed by atoms with Crippen LogP contribution in [-0.2, 0) is 24.4 Å². The zero-order chi connectivity index (χ0) is 21.4. The van der Waals surface area contributed by atoms with Crippen molar-refractivity contribution >= 4 is 22.5 Å². The lowest BCUT2D eigenvalue weighted by Crippen LogP contribution is -2.23. The highest BCUT2D eigenvalue weighted by Crippen LogP contribution is 2.37. The average Bonchev–Trinajstić information content (AvgIpc) is 2.67. The van der Waals surface area contributed by atoms with Crippen molar-refractivity contribution in [3.05, 3.63) is 80.1 Å². The maximum Gasteiger partial charge on any atom is 0.417 e. The maximum atomic E-state index is 13.2. The Hall–Kier alpha value is -2.78. The third-order valence-corrected chi connectivity index (χ3v) is 5.41. The minimum atomic E-state index is -4.57. The van der Waals surface area contributed by atoms with Crippen molar-refractivity contribution in [3.63, 3.8) is 0 Å². The van der Waals surface area contributed by atoms with E-state index in [1.54, 1.807) is 31.2 Å². The number of H-pyrrole nitrogens is 1. The minimum absolute atomic E-state index is 0.0620. The van der Waals surface area contributed by atoms with Crippen LogP contribution >= 0.6 is 11.6 Å². The molecule has 150 valence electrons. The van der Waals surface area contributed by atoms with Crippen molar-refractivity contribution < 1.29 is 13.2 Å². The molecule has 0 fully saturated rings. The summed E-state index contributed by atoms with van der Waals surface area (Å²) in [5, 5.41) is 10.3. The molecule has 3 nitrogen and oxygen atoms in total. The third-order valence-electron chi connectivity index (χ3n) is 5.08. The Balaban J connectivity index is 2.04. The number of pyridine rings is 1. The predicted octanol–water partition coefficient (Wildman–Crippen LogP) is 5.79.